The summed E-state index contributed by atoms with van der Waals surface area (Å²) in [6, 6.07) is 9.52. The molecule has 2 rings (SSSR count). The lowest BCUT2D eigenvalue weighted by molar-refractivity contribution is 0.403. The van der Waals surface area contributed by atoms with Crippen LogP contribution in [0.25, 0.3) is 0 Å². The van der Waals surface area contributed by atoms with Gasteiger partial charge in [0.25, 0.3) is 0 Å². The van der Waals surface area contributed by atoms with E-state index in [0.717, 1.165) is 11.1 Å². The van der Waals surface area contributed by atoms with Crippen molar-refractivity contribution in [3.05, 3.63) is 65.7 Å². The highest BCUT2D eigenvalue weighted by atomic mass is 19.1. The van der Waals surface area contributed by atoms with Crippen LogP contribution in [0.15, 0.2) is 59.0 Å². The lowest BCUT2D eigenvalue weighted by Crippen LogP contribution is -2.02. The molecule has 0 fully saturated rings. The molecule has 0 aliphatic heterocycles. The summed E-state index contributed by atoms with van der Waals surface area (Å²) < 4.78 is 17.9. The van der Waals surface area contributed by atoms with E-state index in [1.165, 1.54) is 25.5 Å². The smallest absolute Gasteiger partial charge is 0.240 e. The Labute approximate surface area is 110 Å². The average Bonchev–Trinajstić information content (AvgIpc) is 2.46. The van der Waals surface area contributed by atoms with E-state index < -0.39 is 0 Å². The molecule has 1 aromatic carbocycles. The van der Waals surface area contributed by atoms with Crippen LogP contribution in [0.5, 0.6) is 0 Å². The molecule has 96 valence electrons. The SMILES string of the molecule is CO/C(=N\N=C\c1ccc(F)cc1)c1ccncc1. The summed E-state index contributed by atoms with van der Waals surface area (Å²) in [5.41, 5.74) is 1.55. The zero-order valence-electron chi connectivity index (χ0n) is 10.3. The fraction of sp³-hybridized carbons (Fsp3) is 0.0714. The maximum absolute atomic E-state index is 12.7. The molecule has 0 saturated heterocycles. The third kappa shape index (κ3) is 3.70. The van der Waals surface area contributed by atoms with Crippen LogP contribution in [-0.4, -0.2) is 24.2 Å². The van der Waals surface area contributed by atoms with Crippen LogP contribution in [0.4, 0.5) is 4.39 Å². The second kappa shape index (κ2) is 6.39. The first-order valence-corrected chi connectivity index (χ1v) is 5.60. The van der Waals surface area contributed by atoms with E-state index in [2.05, 4.69) is 15.2 Å². The van der Waals surface area contributed by atoms with Gasteiger partial charge in [-0.05, 0) is 29.8 Å². The molecule has 5 heteroatoms. The van der Waals surface area contributed by atoms with Crippen LogP contribution in [0, 0.1) is 5.82 Å². The largest absolute Gasteiger partial charge is 0.479 e. The predicted molar refractivity (Wildman–Crippen MR) is 71.8 cm³/mol. The molecule has 4 nitrogen and oxygen atoms in total. The fourth-order valence-corrected chi connectivity index (χ4v) is 1.41. The Morgan fingerprint density at radius 3 is 2.47 bits per heavy atom. The number of aromatic nitrogens is 1. The van der Waals surface area contributed by atoms with E-state index in [9.17, 15) is 4.39 Å². The van der Waals surface area contributed by atoms with Crippen molar-refractivity contribution < 1.29 is 9.13 Å². The van der Waals surface area contributed by atoms with Crippen LogP contribution < -0.4 is 0 Å². The Balaban J connectivity index is 2.14. The van der Waals surface area contributed by atoms with Crippen molar-refractivity contribution in [3.63, 3.8) is 0 Å². The van der Waals surface area contributed by atoms with Crippen molar-refractivity contribution in [3.8, 4) is 0 Å². The number of rotatable bonds is 3. The first-order chi connectivity index (χ1) is 9.29. The molecule has 19 heavy (non-hydrogen) atoms. The van der Waals surface area contributed by atoms with E-state index in [0.29, 0.717) is 5.90 Å². The second-order valence-electron chi connectivity index (χ2n) is 3.64. The zero-order chi connectivity index (χ0) is 13.5. The van der Waals surface area contributed by atoms with Gasteiger partial charge < -0.3 is 4.74 Å². The topological polar surface area (TPSA) is 46.8 Å². The summed E-state index contributed by atoms with van der Waals surface area (Å²) in [5, 5.41) is 7.89. The summed E-state index contributed by atoms with van der Waals surface area (Å²) >= 11 is 0. The van der Waals surface area contributed by atoms with Gasteiger partial charge in [0.05, 0.1) is 13.3 Å². The third-order valence-electron chi connectivity index (χ3n) is 2.35. The molecule has 0 saturated carbocycles. The Kier molecular flexibility index (Phi) is 4.34. The molecule has 0 bridgehead atoms. The predicted octanol–water partition coefficient (Wildman–Crippen LogP) is 2.65. The minimum Gasteiger partial charge on any atom is -0.479 e. The van der Waals surface area contributed by atoms with Crippen molar-refractivity contribution in [1.29, 1.82) is 0 Å². The molecule has 2 aromatic rings. The number of pyridine rings is 1. The maximum atomic E-state index is 12.7. The van der Waals surface area contributed by atoms with Crippen LogP contribution in [-0.2, 0) is 4.74 Å². The molecule has 0 amide bonds. The Bertz CT molecular complexity index is 579. The summed E-state index contributed by atoms with van der Waals surface area (Å²) in [6.45, 7) is 0. The molecule has 0 N–H and O–H groups in total. The minimum absolute atomic E-state index is 0.282. The minimum atomic E-state index is -0.282. The van der Waals surface area contributed by atoms with Gasteiger partial charge in [-0.2, -0.15) is 5.10 Å². The summed E-state index contributed by atoms with van der Waals surface area (Å²) in [4.78, 5) is 3.91. The van der Waals surface area contributed by atoms with Crippen molar-refractivity contribution in [2.75, 3.05) is 7.11 Å². The lowest BCUT2D eigenvalue weighted by atomic mass is 10.2. The molecular formula is C14H12FN3O. The zero-order valence-corrected chi connectivity index (χ0v) is 10.3. The number of methoxy groups -OCH3 is 1. The van der Waals surface area contributed by atoms with Gasteiger partial charge in [-0.3, -0.25) is 4.98 Å². The van der Waals surface area contributed by atoms with Crippen molar-refractivity contribution >= 4 is 12.1 Å². The molecule has 0 aliphatic carbocycles. The molecule has 0 atom stereocenters. The van der Waals surface area contributed by atoms with Gasteiger partial charge in [-0.15, -0.1) is 5.10 Å². The van der Waals surface area contributed by atoms with Gasteiger partial charge in [-0.1, -0.05) is 12.1 Å². The monoisotopic (exact) mass is 257 g/mol. The highest BCUT2D eigenvalue weighted by Crippen LogP contribution is 2.02. The van der Waals surface area contributed by atoms with Gasteiger partial charge in [-0.25, -0.2) is 4.39 Å². The van der Waals surface area contributed by atoms with Crippen LogP contribution in [0.2, 0.25) is 0 Å². The highest BCUT2D eigenvalue weighted by molar-refractivity contribution is 5.94. The number of benzene rings is 1. The second-order valence-corrected chi connectivity index (χ2v) is 3.64. The standard InChI is InChI=1S/C14H12FN3O/c1-19-14(12-6-8-16-9-7-12)18-17-10-11-2-4-13(15)5-3-11/h2-10H,1H3/b17-10+,18-14-. The Morgan fingerprint density at radius 1 is 1.16 bits per heavy atom. The van der Waals surface area contributed by atoms with E-state index in [-0.39, 0.29) is 5.82 Å². The highest BCUT2D eigenvalue weighted by Gasteiger charge is 2.01. The summed E-state index contributed by atoms with van der Waals surface area (Å²) in [5.74, 6) is 0.107. The Hall–Kier alpha value is -2.56. The summed E-state index contributed by atoms with van der Waals surface area (Å²) in [6.07, 6.45) is 4.82. The number of halogens is 1. The van der Waals surface area contributed by atoms with Crippen molar-refractivity contribution in [1.82, 2.24) is 4.98 Å². The molecule has 0 unspecified atom stereocenters. The van der Waals surface area contributed by atoms with Gasteiger partial charge in [0.2, 0.25) is 5.90 Å². The van der Waals surface area contributed by atoms with Crippen LogP contribution in [0.1, 0.15) is 11.1 Å². The van der Waals surface area contributed by atoms with Gasteiger partial charge >= 0.3 is 0 Å². The third-order valence-corrected chi connectivity index (χ3v) is 2.35. The molecular weight excluding hydrogens is 245 g/mol. The number of ether oxygens (including phenoxy) is 1. The normalized spacial score (nSPS) is 11.8. The van der Waals surface area contributed by atoms with Gasteiger partial charge in [0, 0.05) is 18.0 Å². The summed E-state index contributed by atoms with van der Waals surface area (Å²) in [7, 11) is 1.52. The Morgan fingerprint density at radius 2 is 1.84 bits per heavy atom. The first-order valence-electron chi connectivity index (χ1n) is 5.60. The van der Waals surface area contributed by atoms with Gasteiger partial charge in [0.15, 0.2) is 0 Å². The fourth-order valence-electron chi connectivity index (χ4n) is 1.41. The van der Waals surface area contributed by atoms with Crippen LogP contribution >= 0.6 is 0 Å². The maximum Gasteiger partial charge on any atom is 0.240 e. The molecule has 1 aromatic heterocycles. The average molecular weight is 257 g/mol. The molecule has 0 spiro atoms. The van der Waals surface area contributed by atoms with E-state index in [4.69, 9.17) is 4.74 Å². The van der Waals surface area contributed by atoms with E-state index in [1.807, 2.05) is 0 Å². The number of hydrogen-bond donors (Lipinski definition) is 0. The molecule has 1 heterocycles. The molecule has 0 aliphatic rings. The van der Waals surface area contributed by atoms with E-state index >= 15 is 0 Å². The van der Waals surface area contributed by atoms with Crippen molar-refractivity contribution in [2.24, 2.45) is 10.2 Å². The van der Waals surface area contributed by atoms with E-state index in [1.54, 1.807) is 36.7 Å². The first kappa shape index (κ1) is 12.9. The lowest BCUT2D eigenvalue weighted by Gasteiger charge is -2.01. The molecule has 0 radical (unpaired) electrons. The quantitative estimate of drug-likeness (QED) is 0.482. The van der Waals surface area contributed by atoms with Crippen molar-refractivity contribution in [2.45, 2.75) is 0 Å². The number of nitrogens with zero attached hydrogens (tertiary/aromatic N) is 3. The van der Waals surface area contributed by atoms with Gasteiger partial charge in [0.1, 0.15) is 5.82 Å². The number of hydrogen-bond acceptors (Lipinski definition) is 4. The van der Waals surface area contributed by atoms with Crippen LogP contribution in [0.3, 0.4) is 0 Å².